The van der Waals surface area contributed by atoms with Crippen LogP contribution in [0.3, 0.4) is 0 Å². The molecule has 6 nitrogen and oxygen atoms in total. The molecule has 1 unspecified atom stereocenters. The number of sulfone groups is 1. The first kappa shape index (κ1) is 13.9. The zero-order valence-corrected chi connectivity index (χ0v) is 13.1. The van der Waals surface area contributed by atoms with Crippen LogP contribution in [-0.4, -0.2) is 29.2 Å². The lowest BCUT2D eigenvalue weighted by atomic mass is 10.00. The highest BCUT2D eigenvalue weighted by Crippen LogP contribution is 2.63. The molecule has 0 aliphatic heterocycles. The van der Waals surface area contributed by atoms with Crippen molar-refractivity contribution in [3.8, 4) is 0 Å². The molecule has 7 heteroatoms. The highest BCUT2D eigenvalue weighted by molar-refractivity contribution is 7.90. The third kappa shape index (κ3) is 1.99. The fourth-order valence-corrected chi connectivity index (χ4v) is 4.27. The van der Waals surface area contributed by atoms with Crippen LogP contribution in [0.15, 0.2) is 28.3 Å². The van der Waals surface area contributed by atoms with Crippen molar-refractivity contribution in [2.75, 3.05) is 6.26 Å². The van der Waals surface area contributed by atoms with Gasteiger partial charge in [0.1, 0.15) is 5.65 Å². The van der Waals surface area contributed by atoms with Crippen molar-refractivity contribution in [1.29, 1.82) is 0 Å². The van der Waals surface area contributed by atoms with Gasteiger partial charge in [-0.1, -0.05) is 6.42 Å². The molecule has 0 aromatic carbocycles. The minimum atomic E-state index is -3.50. The van der Waals surface area contributed by atoms with E-state index in [1.54, 1.807) is 10.6 Å². The van der Waals surface area contributed by atoms with Gasteiger partial charge in [0.15, 0.2) is 0 Å². The molecule has 2 fully saturated rings. The Morgan fingerprint density at radius 1 is 1.27 bits per heavy atom. The van der Waals surface area contributed by atoms with E-state index in [0.717, 1.165) is 38.4 Å². The number of fused-ring (bicyclic) bond motifs is 1. The lowest BCUT2D eigenvalue weighted by Gasteiger charge is -2.22. The van der Waals surface area contributed by atoms with Gasteiger partial charge in [0, 0.05) is 29.9 Å². The summed E-state index contributed by atoms with van der Waals surface area (Å²) in [5.41, 5.74) is 0.568. The minimum absolute atomic E-state index is 0.108. The molecule has 0 saturated heterocycles. The quantitative estimate of drug-likeness (QED) is 0.787. The van der Waals surface area contributed by atoms with Gasteiger partial charge >= 0.3 is 0 Å². The third-order valence-electron chi connectivity index (χ3n) is 5.04. The molecule has 1 spiro atoms. The summed E-state index contributed by atoms with van der Waals surface area (Å²) in [6.45, 7) is 0. The fraction of sp³-hybridized carbons (Fsp3) is 0.533. The van der Waals surface area contributed by atoms with Crippen molar-refractivity contribution in [3.63, 3.8) is 0 Å². The van der Waals surface area contributed by atoms with E-state index in [0.29, 0.717) is 11.0 Å². The van der Waals surface area contributed by atoms with Crippen LogP contribution in [0.1, 0.15) is 38.1 Å². The highest BCUT2D eigenvalue weighted by atomic mass is 32.2. The van der Waals surface area contributed by atoms with Crippen LogP contribution in [0.5, 0.6) is 0 Å². The van der Waals surface area contributed by atoms with Gasteiger partial charge in [-0.15, -0.1) is 0 Å². The maximum atomic E-state index is 12.4. The molecular formula is C15H17N3O3S. The van der Waals surface area contributed by atoms with Gasteiger partial charge in [0.25, 0.3) is 5.56 Å². The zero-order chi connectivity index (χ0) is 15.5. The van der Waals surface area contributed by atoms with E-state index in [2.05, 4.69) is 9.97 Å². The van der Waals surface area contributed by atoms with Gasteiger partial charge in [-0.05, 0) is 37.2 Å². The molecule has 22 heavy (non-hydrogen) atoms. The maximum absolute atomic E-state index is 12.4. The van der Waals surface area contributed by atoms with Crippen molar-refractivity contribution >= 4 is 20.9 Å². The molecule has 2 aromatic rings. The molecule has 2 aliphatic rings. The van der Waals surface area contributed by atoms with Crippen LogP contribution in [0.25, 0.3) is 11.0 Å². The molecule has 2 aromatic heterocycles. The van der Waals surface area contributed by atoms with E-state index in [1.165, 1.54) is 12.3 Å². The molecule has 0 amide bonds. The predicted octanol–water partition coefficient (Wildman–Crippen LogP) is 1.70. The molecule has 4 rings (SSSR count). The normalized spacial score (nSPS) is 23.2. The Labute approximate surface area is 128 Å². The predicted molar refractivity (Wildman–Crippen MR) is 81.5 cm³/mol. The lowest BCUT2D eigenvalue weighted by molar-refractivity contribution is 0.357. The maximum Gasteiger partial charge on any atom is 0.252 e. The monoisotopic (exact) mass is 319 g/mol. The van der Waals surface area contributed by atoms with E-state index >= 15 is 0 Å². The summed E-state index contributed by atoms with van der Waals surface area (Å²) in [6.07, 6.45) is 8.06. The minimum Gasteiger partial charge on any atom is -0.289 e. The van der Waals surface area contributed by atoms with Crippen LogP contribution >= 0.6 is 0 Å². The molecule has 2 aliphatic carbocycles. The topological polar surface area (TPSA) is 81.9 Å². The number of hydrogen-bond acceptors (Lipinski definition) is 5. The second kappa shape index (κ2) is 4.38. The van der Waals surface area contributed by atoms with Gasteiger partial charge < -0.3 is 0 Å². The summed E-state index contributed by atoms with van der Waals surface area (Å²) in [6, 6.07) is 3.32. The Hall–Kier alpha value is -1.76. The largest absolute Gasteiger partial charge is 0.289 e. The van der Waals surface area contributed by atoms with Gasteiger partial charge in [-0.25, -0.2) is 13.4 Å². The second-order valence-corrected chi connectivity index (χ2v) is 8.43. The van der Waals surface area contributed by atoms with E-state index in [-0.39, 0.29) is 22.2 Å². The van der Waals surface area contributed by atoms with Crippen molar-refractivity contribution in [2.45, 2.75) is 43.3 Å². The Morgan fingerprint density at radius 3 is 2.73 bits per heavy atom. The van der Waals surface area contributed by atoms with Crippen LogP contribution in [0.2, 0.25) is 0 Å². The first-order valence-electron chi connectivity index (χ1n) is 7.49. The van der Waals surface area contributed by atoms with E-state index in [4.69, 9.17) is 0 Å². The number of nitrogens with zero attached hydrogens (tertiary/aromatic N) is 3. The van der Waals surface area contributed by atoms with E-state index in [1.807, 2.05) is 0 Å². The fourth-order valence-electron chi connectivity index (χ4n) is 3.77. The molecule has 0 radical (unpaired) electrons. The Morgan fingerprint density at radius 2 is 2.05 bits per heavy atom. The zero-order valence-electron chi connectivity index (χ0n) is 12.3. The van der Waals surface area contributed by atoms with E-state index < -0.39 is 9.84 Å². The third-order valence-corrected chi connectivity index (χ3v) is 5.90. The van der Waals surface area contributed by atoms with Crippen molar-refractivity contribution in [1.82, 2.24) is 14.5 Å². The average molecular weight is 319 g/mol. The summed E-state index contributed by atoms with van der Waals surface area (Å²) in [7, 11) is -3.50. The number of hydrogen-bond donors (Lipinski definition) is 0. The Kier molecular flexibility index (Phi) is 2.76. The van der Waals surface area contributed by atoms with Crippen molar-refractivity contribution < 1.29 is 8.42 Å². The smallest absolute Gasteiger partial charge is 0.252 e. The van der Waals surface area contributed by atoms with Crippen LogP contribution < -0.4 is 5.56 Å². The van der Waals surface area contributed by atoms with Crippen molar-refractivity contribution in [3.05, 3.63) is 28.7 Å². The number of aromatic nitrogens is 3. The average Bonchev–Trinajstić information content (AvgIpc) is 3.12. The SMILES string of the molecule is CS(=O)(=O)c1ncc2ccc(=O)n(C3CCCC34CC4)c2n1. The van der Waals surface area contributed by atoms with Gasteiger partial charge in [0.2, 0.25) is 15.0 Å². The van der Waals surface area contributed by atoms with Crippen LogP contribution in [0.4, 0.5) is 0 Å². The van der Waals surface area contributed by atoms with Crippen molar-refractivity contribution in [2.24, 2.45) is 5.41 Å². The Bertz CT molecular complexity index is 929. The molecule has 2 saturated carbocycles. The first-order chi connectivity index (χ1) is 10.4. The molecule has 116 valence electrons. The summed E-state index contributed by atoms with van der Waals surface area (Å²) in [5.74, 6) is 0. The van der Waals surface area contributed by atoms with Gasteiger partial charge in [-0.2, -0.15) is 4.98 Å². The number of rotatable bonds is 2. The molecular weight excluding hydrogens is 302 g/mol. The standard InChI is InChI=1S/C15H17N3O3S/c1-22(20,21)14-16-9-10-4-5-12(19)18(13(10)17-14)11-3-2-6-15(11)7-8-15/h4-5,9,11H,2-3,6-8H2,1H3. The molecule has 0 bridgehead atoms. The lowest BCUT2D eigenvalue weighted by Crippen LogP contribution is -2.28. The highest BCUT2D eigenvalue weighted by Gasteiger charge is 2.53. The van der Waals surface area contributed by atoms with Gasteiger partial charge in [-0.3, -0.25) is 9.36 Å². The molecule has 1 atom stereocenters. The molecule has 2 heterocycles. The first-order valence-corrected chi connectivity index (χ1v) is 9.38. The van der Waals surface area contributed by atoms with Gasteiger partial charge in [0.05, 0.1) is 0 Å². The second-order valence-electron chi connectivity index (χ2n) is 6.52. The van der Waals surface area contributed by atoms with E-state index in [9.17, 15) is 13.2 Å². The molecule has 0 N–H and O–H groups in total. The summed E-state index contributed by atoms with van der Waals surface area (Å²) < 4.78 is 25.2. The van der Waals surface area contributed by atoms with Crippen LogP contribution in [0, 0.1) is 5.41 Å². The summed E-state index contributed by atoms with van der Waals surface area (Å²) >= 11 is 0. The Balaban J connectivity index is 2.00. The summed E-state index contributed by atoms with van der Waals surface area (Å²) in [5, 5.41) is 0.483. The summed E-state index contributed by atoms with van der Waals surface area (Å²) in [4.78, 5) is 20.6. The number of pyridine rings is 1. The van der Waals surface area contributed by atoms with Crippen LogP contribution in [-0.2, 0) is 9.84 Å².